The highest BCUT2D eigenvalue weighted by Crippen LogP contribution is 2.19. The van der Waals surface area contributed by atoms with Gasteiger partial charge in [-0.15, -0.1) is 11.3 Å². The van der Waals surface area contributed by atoms with E-state index in [1.165, 1.54) is 0 Å². The Hall–Kier alpha value is -1.88. The summed E-state index contributed by atoms with van der Waals surface area (Å²) in [6, 6.07) is 5.48. The van der Waals surface area contributed by atoms with E-state index in [0.29, 0.717) is 12.1 Å². The van der Waals surface area contributed by atoms with Gasteiger partial charge in [0.1, 0.15) is 0 Å². The Balaban J connectivity index is 2.14. The molecule has 94 valence electrons. The number of aryl methyl sites for hydroxylation is 1. The Kier molecular flexibility index (Phi) is 3.62. The standard InChI is InChI=1S/C13H15N3OS/c1-8-11(13(14)17)4-3-5-12(8)15-6-10-7-18-9(2)16-10/h3-5,7,15H,6H2,1-2H3,(H2,14,17). The van der Waals surface area contributed by atoms with Crippen molar-refractivity contribution in [2.45, 2.75) is 20.4 Å². The highest BCUT2D eigenvalue weighted by Gasteiger charge is 2.08. The third-order valence-electron chi connectivity index (χ3n) is 2.73. The quantitative estimate of drug-likeness (QED) is 0.888. The van der Waals surface area contributed by atoms with Crippen LogP contribution in [0.4, 0.5) is 5.69 Å². The number of hydrogen-bond donors (Lipinski definition) is 2. The number of anilines is 1. The first-order valence-corrected chi connectivity index (χ1v) is 6.50. The molecule has 2 aromatic rings. The van der Waals surface area contributed by atoms with E-state index in [9.17, 15) is 4.79 Å². The molecular weight excluding hydrogens is 246 g/mol. The molecule has 1 amide bonds. The molecular formula is C13H15N3OS. The zero-order chi connectivity index (χ0) is 13.1. The Morgan fingerprint density at radius 1 is 1.44 bits per heavy atom. The van der Waals surface area contributed by atoms with Crippen molar-refractivity contribution in [1.82, 2.24) is 4.98 Å². The van der Waals surface area contributed by atoms with Gasteiger partial charge in [-0.05, 0) is 31.5 Å². The molecule has 3 N–H and O–H groups in total. The van der Waals surface area contributed by atoms with E-state index in [2.05, 4.69) is 10.3 Å². The molecule has 18 heavy (non-hydrogen) atoms. The van der Waals surface area contributed by atoms with E-state index in [-0.39, 0.29) is 0 Å². The highest BCUT2D eigenvalue weighted by molar-refractivity contribution is 7.09. The van der Waals surface area contributed by atoms with Gasteiger partial charge < -0.3 is 11.1 Å². The molecule has 0 aliphatic heterocycles. The number of rotatable bonds is 4. The molecule has 1 heterocycles. The van der Waals surface area contributed by atoms with Crippen LogP contribution in [0.15, 0.2) is 23.6 Å². The number of nitrogens with zero attached hydrogens (tertiary/aromatic N) is 1. The van der Waals surface area contributed by atoms with Crippen molar-refractivity contribution < 1.29 is 4.79 Å². The molecule has 4 nitrogen and oxygen atoms in total. The molecule has 0 bridgehead atoms. The average molecular weight is 261 g/mol. The monoisotopic (exact) mass is 261 g/mol. The number of nitrogens with two attached hydrogens (primary N) is 1. The van der Waals surface area contributed by atoms with Crippen LogP contribution in [0.1, 0.15) is 26.6 Å². The second-order valence-corrected chi connectivity index (χ2v) is 5.12. The zero-order valence-electron chi connectivity index (χ0n) is 10.4. The maximum absolute atomic E-state index is 11.2. The van der Waals surface area contributed by atoms with Crippen molar-refractivity contribution in [3.05, 3.63) is 45.4 Å². The summed E-state index contributed by atoms with van der Waals surface area (Å²) in [5.41, 5.74) is 8.65. The molecule has 0 aliphatic rings. The lowest BCUT2D eigenvalue weighted by atomic mass is 10.1. The van der Waals surface area contributed by atoms with Crippen LogP contribution in [-0.4, -0.2) is 10.9 Å². The van der Waals surface area contributed by atoms with Gasteiger partial charge in [0.05, 0.1) is 17.2 Å². The zero-order valence-corrected chi connectivity index (χ0v) is 11.2. The second kappa shape index (κ2) is 5.18. The van der Waals surface area contributed by atoms with Crippen molar-refractivity contribution in [2.24, 2.45) is 5.73 Å². The third kappa shape index (κ3) is 2.68. The molecule has 0 saturated heterocycles. The maximum atomic E-state index is 11.2. The summed E-state index contributed by atoms with van der Waals surface area (Å²) in [7, 11) is 0. The minimum Gasteiger partial charge on any atom is -0.379 e. The van der Waals surface area contributed by atoms with Gasteiger partial charge in [-0.1, -0.05) is 6.07 Å². The molecule has 1 aromatic carbocycles. The number of nitrogens with one attached hydrogen (secondary N) is 1. The Morgan fingerprint density at radius 2 is 2.22 bits per heavy atom. The summed E-state index contributed by atoms with van der Waals surface area (Å²) in [5.74, 6) is -0.402. The summed E-state index contributed by atoms with van der Waals surface area (Å²) in [6.07, 6.45) is 0. The summed E-state index contributed by atoms with van der Waals surface area (Å²) in [6.45, 7) is 4.51. The molecule has 0 unspecified atom stereocenters. The highest BCUT2D eigenvalue weighted by atomic mass is 32.1. The molecule has 0 aliphatic carbocycles. The van der Waals surface area contributed by atoms with Crippen molar-refractivity contribution in [2.75, 3.05) is 5.32 Å². The number of thiazole rings is 1. The van der Waals surface area contributed by atoms with E-state index < -0.39 is 5.91 Å². The summed E-state index contributed by atoms with van der Waals surface area (Å²) >= 11 is 1.63. The first-order valence-electron chi connectivity index (χ1n) is 5.62. The van der Waals surface area contributed by atoms with Gasteiger partial charge in [0, 0.05) is 16.6 Å². The molecule has 0 spiro atoms. The van der Waals surface area contributed by atoms with Gasteiger partial charge in [0.2, 0.25) is 5.91 Å². The molecule has 0 atom stereocenters. The van der Waals surface area contributed by atoms with Crippen LogP contribution in [0.5, 0.6) is 0 Å². The average Bonchev–Trinajstić information content (AvgIpc) is 2.73. The number of carbonyl (C=O) groups excluding carboxylic acids is 1. The molecule has 1 aromatic heterocycles. The van der Waals surface area contributed by atoms with Crippen molar-refractivity contribution >= 4 is 22.9 Å². The summed E-state index contributed by atoms with van der Waals surface area (Å²) in [5, 5.41) is 6.35. The van der Waals surface area contributed by atoms with Crippen LogP contribution in [0.2, 0.25) is 0 Å². The fraction of sp³-hybridized carbons (Fsp3) is 0.231. The SMILES string of the molecule is Cc1nc(CNc2cccc(C(N)=O)c2C)cs1. The summed E-state index contributed by atoms with van der Waals surface area (Å²) < 4.78 is 0. The van der Waals surface area contributed by atoms with Gasteiger partial charge in [0.15, 0.2) is 0 Å². The van der Waals surface area contributed by atoms with Crippen molar-refractivity contribution in [1.29, 1.82) is 0 Å². The minimum atomic E-state index is -0.402. The van der Waals surface area contributed by atoms with Crippen LogP contribution in [0.3, 0.4) is 0 Å². The van der Waals surface area contributed by atoms with Gasteiger partial charge in [-0.3, -0.25) is 4.79 Å². The Labute approximate surface area is 110 Å². The lowest BCUT2D eigenvalue weighted by molar-refractivity contribution is 0.1000. The predicted molar refractivity (Wildman–Crippen MR) is 73.9 cm³/mol. The predicted octanol–water partition coefficient (Wildman–Crippen LogP) is 2.47. The minimum absolute atomic E-state index is 0.402. The lowest BCUT2D eigenvalue weighted by Gasteiger charge is -2.10. The maximum Gasteiger partial charge on any atom is 0.249 e. The number of hydrogen-bond acceptors (Lipinski definition) is 4. The first-order chi connectivity index (χ1) is 8.58. The van der Waals surface area contributed by atoms with Gasteiger partial charge in [-0.25, -0.2) is 4.98 Å². The number of carbonyl (C=O) groups is 1. The first kappa shape index (κ1) is 12.6. The second-order valence-electron chi connectivity index (χ2n) is 4.05. The molecule has 0 saturated carbocycles. The number of aromatic nitrogens is 1. The Bertz CT molecular complexity index is 577. The molecule has 5 heteroatoms. The van der Waals surface area contributed by atoms with Crippen LogP contribution < -0.4 is 11.1 Å². The normalized spacial score (nSPS) is 10.3. The summed E-state index contributed by atoms with van der Waals surface area (Å²) in [4.78, 5) is 15.6. The van der Waals surface area contributed by atoms with Crippen LogP contribution in [0.25, 0.3) is 0 Å². The van der Waals surface area contributed by atoms with Crippen LogP contribution in [-0.2, 0) is 6.54 Å². The van der Waals surface area contributed by atoms with E-state index >= 15 is 0 Å². The number of primary amides is 1. The van der Waals surface area contributed by atoms with Crippen LogP contribution >= 0.6 is 11.3 Å². The van der Waals surface area contributed by atoms with Gasteiger partial charge in [-0.2, -0.15) is 0 Å². The fourth-order valence-electron chi connectivity index (χ4n) is 1.77. The van der Waals surface area contributed by atoms with E-state index in [1.54, 1.807) is 17.4 Å². The van der Waals surface area contributed by atoms with Crippen LogP contribution in [0, 0.1) is 13.8 Å². The van der Waals surface area contributed by atoms with Gasteiger partial charge in [0.25, 0.3) is 0 Å². The molecule has 0 fully saturated rings. The molecule has 2 rings (SSSR count). The van der Waals surface area contributed by atoms with Crippen molar-refractivity contribution in [3.63, 3.8) is 0 Å². The van der Waals surface area contributed by atoms with Gasteiger partial charge >= 0.3 is 0 Å². The third-order valence-corrected chi connectivity index (χ3v) is 3.55. The van der Waals surface area contributed by atoms with E-state index in [1.807, 2.05) is 31.4 Å². The number of amides is 1. The molecule has 0 radical (unpaired) electrons. The Morgan fingerprint density at radius 3 is 2.83 bits per heavy atom. The largest absolute Gasteiger partial charge is 0.379 e. The fourth-order valence-corrected chi connectivity index (χ4v) is 2.38. The topological polar surface area (TPSA) is 68.0 Å². The van der Waals surface area contributed by atoms with Crippen molar-refractivity contribution in [3.8, 4) is 0 Å². The van der Waals surface area contributed by atoms with E-state index in [0.717, 1.165) is 22.0 Å². The number of benzene rings is 1. The lowest BCUT2D eigenvalue weighted by Crippen LogP contribution is -2.13. The van der Waals surface area contributed by atoms with E-state index in [4.69, 9.17) is 5.73 Å². The smallest absolute Gasteiger partial charge is 0.249 e.